The van der Waals surface area contributed by atoms with Crippen LogP contribution in [0.15, 0.2) is 18.3 Å². The van der Waals surface area contributed by atoms with E-state index in [1.54, 1.807) is 12.3 Å². The maximum absolute atomic E-state index is 10.6. The van der Waals surface area contributed by atoms with Gasteiger partial charge in [0.2, 0.25) is 0 Å². The molecule has 1 aromatic rings. The average molecular weight is 264 g/mol. The molecule has 0 saturated carbocycles. The van der Waals surface area contributed by atoms with Gasteiger partial charge in [-0.2, -0.15) is 0 Å². The second-order valence-electron chi connectivity index (χ2n) is 5.32. The van der Waals surface area contributed by atoms with Crippen LogP contribution in [-0.2, 0) is 0 Å². The van der Waals surface area contributed by atoms with Gasteiger partial charge >= 0.3 is 5.82 Å². The van der Waals surface area contributed by atoms with E-state index in [1.807, 2.05) is 0 Å². The molecular formula is C13H20N4O2. The zero-order valence-corrected chi connectivity index (χ0v) is 11.5. The van der Waals surface area contributed by atoms with Crippen LogP contribution < -0.4 is 4.90 Å². The molecule has 0 bridgehead atoms. The van der Waals surface area contributed by atoms with Gasteiger partial charge in [-0.15, -0.1) is 0 Å². The van der Waals surface area contributed by atoms with Crippen LogP contribution in [0.5, 0.6) is 0 Å². The van der Waals surface area contributed by atoms with Gasteiger partial charge in [0.05, 0.1) is 5.69 Å². The largest absolute Gasteiger partial charge is 0.368 e. The second-order valence-corrected chi connectivity index (χ2v) is 5.32. The molecule has 6 nitrogen and oxygen atoms in total. The quantitative estimate of drug-likeness (QED) is 0.612. The average Bonchev–Trinajstić information content (AvgIpc) is 2.39. The van der Waals surface area contributed by atoms with E-state index >= 15 is 0 Å². The SMILES string of the molecule is CN(C)CC1CCN(c2ccc([N+](=O)[O-])nc2)CC1. The molecule has 1 aromatic heterocycles. The number of hydrogen-bond acceptors (Lipinski definition) is 5. The molecule has 19 heavy (non-hydrogen) atoms. The third-order valence-corrected chi connectivity index (χ3v) is 3.52. The highest BCUT2D eigenvalue weighted by Crippen LogP contribution is 2.24. The van der Waals surface area contributed by atoms with Gasteiger partial charge in [-0.1, -0.05) is 0 Å². The molecule has 0 amide bonds. The predicted molar refractivity (Wildman–Crippen MR) is 74.4 cm³/mol. The number of hydrogen-bond donors (Lipinski definition) is 0. The maximum atomic E-state index is 10.6. The summed E-state index contributed by atoms with van der Waals surface area (Å²) in [6, 6.07) is 3.26. The summed E-state index contributed by atoms with van der Waals surface area (Å²) in [7, 11) is 4.21. The molecular weight excluding hydrogens is 244 g/mol. The molecule has 1 saturated heterocycles. The Bertz CT molecular complexity index is 425. The number of piperidine rings is 1. The van der Waals surface area contributed by atoms with E-state index in [2.05, 4.69) is 28.9 Å². The Hall–Kier alpha value is -1.69. The van der Waals surface area contributed by atoms with Crippen LogP contribution in [0.3, 0.4) is 0 Å². The molecule has 1 fully saturated rings. The highest BCUT2D eigenvalue weighted by Gasteiger charge is 2.21. The summed E-state index contributed by atoms with van der Waals surface area (Å²) in [5.74, 6) is 0.656. The van der Waals surface area contributed by atoms with Crippen LogP contribution in [0.1, 0.15) is 12.8 Å². The fourth-order valence-corrected chi connectivity index (χ4v) is 2.56. The number of nitrogens with zero attached hydrogens (tertiary/aromatic N) is 4. The Kier molecular flexibility index (Phi) is 4.31. The van der Waals surface area contributed by atoms with E-state index in [0.717, 1.165) is 44.1 Å². The monoisotopic (exact) mass is 264 g/mol. The van der Waals surface area contributed by atoms with Crippen molar-refractivity contribution in [2.75, 3.05) is 38.6 Å². The number of pyridine rings is 1. The molecule has 0 aromatic carbocycles. The van der Waals surface area contributed by atoms with Crippen molar-refractivity contribution in [3.63, 3.8) is 0 Å². The zero-order chi connectivity index (χ0) is 13.8. The minimum absolute atomic E-state index is 0.0914. The molecule has 6 heteroatoms. The molecule has 0 N–H and O–H groups in total. The van der Waals surface area contributed by atoms with E-state index in [4.69, 9.17) is 0 Å². The van der Waals surface area contributed by atoms with Crippen LogP contribution in [0, 0.1) is 16.0 Å². The predicted octanol–water partition coefficient (Wildman–Crippen LogP) is 1.77. The first-order chi connectivity index (χ1) is 9.06. The Morgan fingerprint density at radius 3 is 2.58 bits per heavy atom. The van der Waals surface area contributed by atoms with Gasteiger partial charge in [0.15, 0.2) is 6.20 Å². The zero-order valence-electron chi connectivity index (χ0n) is 11.5. The smallest absolute Gasteiger partial charge is 0.363 e. The van der Waals surface area contributed by atoms with Crippen LogP contribution in [0.4, 0.5) is 11.5 Å². The lowest BCUT2D eigenvalue weighted by Crippen LogP contribution is -2.37. The van der Waals surface area contributed by atoms with Crippen molar-refractivity contribution >= 4 is 11.5 Å². The Morgan fingerprint density at radius 2 is 2.11 bits per heavy atom. The molecule has 0 radical (unpaired) electrons. The van der Waals surface area contributed by atoms with Crippen molar-refractivity contribution in [1.29, 1.82) is 0 Å². The minimum atomic E-state index is -0.465. The lowest BCUT2D eigenvalue weighted by atomic mass is 9.96. The van der Waals surface area contributed by atoms with Gasteiger partial charge in [0.25, 0.3) is 0 Å². The standard InChI is InChI=1S/C13H20N4O2/c1-15(2)10-11-5-7-16(8-6-11)12-3-4-13(14-9-12)17(18)19/h3-4,9,11H,5-8,10H2,1-2H3. The molecule has 0 unspecified atom stereocenters. The molecule has 104 valence electrons. The van der Waals surface area contributed by atoms with Crippen molar-refractivity contribution in [3.8, 4) is 0 Å². The Morgan fingerprint density at radius 1 is 1.42 bits per heavy atom. The lowest BCUT2D eigenvalue weighted by molar-refractivity contribution is -0.389. The fraction of sp³-hybridized carbons (Fsp3) is 0.615. The van der Waals surface area contributed by atoms with Gasteiger partial charge < -0.3 is 19.9 Å². The van der Waals surface area contributed by atoms with Crippen molar-refractivity contribution in [2.45, 2.75) is 12.8 Å². The molecule has 0 atom stereocenters. The lowest BCUT2D eigenvalue weighted by Gasteiger charge is -2.34. The summed E-state index contributed by atoms with van der Waals surface area (Å²) < 4.78 is 0. The van der Waals surface area contributed by atoms with Gasteiger partial charge in [-0.3, -0.25) is 0 Å². The van der Waals surface area contributed by atoms with Gasteiger partial charge in [-0.25, -0.2) is 0 Å². The van der Waals surface area contributed by atoms with Crippen LogP contribution in [-0.4, -0.2) is 48.5 Å². The molecule has 2 heterocycles. The molecule has 1 aliphatic heterocycles. The summed E-state index contributed by atoms with van der Waals surface area (Å²) in [6.07, 6.45) is 3.93. The maximum Gasteiger partial charge on any atom is 0.363 e. The third-order valence-electron chi connectivity index (χ3n) is 3.52. The summed E-state index contributed by atoms with van der Waals surface area (Å²) in [5.41, 5.74) is 0.980. The summed E-state index contributed by atoms with van der Waals surface area (Å²) >= 11 is 0. The normalized spacial score (nSPS) is 16.9. The highest BCUT2D eigenvalue weighted by molar-refractivity contribution is 5.46. The number of anilines is 1. The fourth-order valence-electron chi connectivity index (χ4n) is 2.56. The third kappa shape index (κ3) is 3.64. The molecule has 1 aliphatic rings. The van der Waals surface area contributed by atoms with E-state index < -0.39 is 4.92 Å². The van der Waals surface area contributed by atoms with Gasteiger partial charge in [0.1, 0.15) is 0 Å². The first-order valence-electron chi connectivity index (χ1n) is 6.56. The second kappa shape index (κ2) is 5.97. The van der Waals surface area contributed by atoms with Crippen molar-refractivity contribution < 1.29 is 4.92 Å². The van der Waals surface area contributed by atoms with Gasteiger partial charge in [-0.05, 0) is 48.8 Å². The summed E-state index contributed by atoms with van der Waals surface area (Å²) in [5, 5.41) is 10.6. The Balaban J connectivity index is 1.92. The Labute approximate surface area is 113 Å². The number of aromatic nitrogens is 1. The van der Waals surface area contributed by atoms with Crippen molar-refractivity contribution in [1.82, 2.24) is 9.88 Å². The van der Waals surface area contributed by atoms with Crippen LogP contribution in [0.2, 0.25) is 0 Å². The number of rotatable bonds is 4. The first kappa shape index (κ1) is 13.7. The van der Waals surface area contributed by atoms with Crippen LogP contribution in [0.25, 0.3) is 0 Å². The van der Waals surface area contributed by atoms with Crippen molar-refractivity contribution in [3.05, 3.63) is 28.4 Å². The van der Waals surface area contributed by atoms with Gasteiger partial charge in [0, 0.05) is 25.7 Å². The number of nitro groups is 1. The van der Waals surface area contributed by atoms with Crippen LogP contribution >= 0.6 is 0 Å². The van der Waals surface area contributed by atoms with Crippen molar-refractivity contribution in [2.24, 2.45) is 5.92 Å². The summed E-state index contributed by atoms with van der Waals surface area (Å²) in [6.45, 7) is 3.13. The van der Waals surface area contributed by atoms with E-state index in [1.165, 1.54) is 6.07 Å². The molecule has 0 aliphatic carbocycles. The van der Waals surface area contributed by atoms with E-state index in [-0.39, 0.29) is 5.82 Å². The van der Waals surface area contributed by atoms with E-state index in [0.29, 0.717) is 0 Å². The topological polar surface area (TPSA) is 62.5 Å². The molecule has 0 spiro atoms. The molecule has 2 rings (SSSR count). The highest BCUT2D eigenvalue weighted by atomic mass is 16.6. The summed E-state index contributed by atoms with van der Waals surface area (Å²) in [4.78, 5) is 18.4. The first-order valence-corrected chi connectivity index (χ1v) is 6.56. The minimum Gasteiger partial charge on any atom is -0.368 e. The van der Waals surface area contributed by atoms with E-state index in [9.17, 15) is 10.1 Å².